The summed E-state index contributed by atoms with van der Waals surface area (Å²) in [4.78, 5) is 0. The zero-order valence-electron chi connectivity index (χ0n) is 17.9. The monoisotopic (exact) mass is 436 g/mol. The summed E-state index contributed by atoms with van der Waals surface area (Å²) in [7, 11) is 0. The highest BCUT2D eigenvalue weighted by Gasteiger charge is 2.39. The zero-order chi connectivity index (χ0) is 21.8. The highest BCUT2D eigenvalue weighted by atomic mass is 32.1. The van der Waals surface area contributed by atoms with Crippen molar-refractivity contribution in [1.29, 1.82) is 0 Å². The van der Waals surface area contributed by atoms with E-state index in [2.05, 4.69) is 63.7 Å². The van der Waals surface area contributed by atoms with Crippen LogP contribution in [0.5, 0.6) is 5.75 Å². The Morgan fingerprint density at radius 3 is 2.48 bits per heavy atom. The summed E-state index contributed by atoms with van der Waals surface area (Å²) >= 11 is 1.42. The van der Waals surface area contributed by atoms with E-state index in [-0.39, 0.29) is 22.9 Å². The number of aromatic nitrogens is 7. The molecular formula is C21H24N8OS. The number of aromatic hydroxyl groups is 1. The predicted molar refractivity (Wildman–Crippen MR) is 119 cm³/mol. The molecule has 160 valence electrons. The summed E-state index contributed by atoms with van der Waals surface area (Å²) in [6.45, 7) is 8.83. The summed E-state index contributed by atoms with van der Waals surface area (Å²) < 4.78 is 1.90. The number of rotatable bonds is 3. The fourth-order valence-electron chi connectivity index (χ4n) is 4.75. The van der Waals surface area contributed by atoms with E-state index < -0.39 is 0 Å². The number of benzene rings is 1. The zero-order valence-corrected chi connectivity index (χ0v) is 18.7. The second kappa shape index (κ2) is 7.03. The van der Waals surface area contributed by atoms with Gasteiger partial charge in [0.15, 0.2) is 0 Å². The lowest BCUT2D eigenvalue weighted by Crippen LogP contribution is -2.58. The van der Waals surface area contributed by atoms with Crippen LogP contribution in [0.15, 0.2) is 29.8 Å². The number of phenolic OH excluding ortho intramolecular Hbond substituents is 1. The Morgan fingerprint density at radius 1 is 1.03 bits per heavy atom. The number of nitrogens with zero attached hydrogens (tertiary/aromatic N) is 7. The molecule has 1 aliphatic heterocycles. The van der Waals surface area contributed by atoms with Gasteiger partial charge in [-0.15, -0.1) is 25.5 Å². The highest BCUT2D eigenvalue weighted by Crippen LogP contribution is 2.37. The molecule has 2 N–H and O–H groups in total. The van der Waals surface area contributed by atoms with E-state index in [0.29, 0.717) is 22.4 Å². The van der Waals surface area contributed by atoms with Gasteiger partial charge in [-0.05, 0) is 58.7 Å². The van der Waals surface area contributed by atoms with Crippen LogP contribution in [0.1, 0.15) is 46.6 Å². The van der Waals surface area contributed by atoms with Crippen molar-refractivity contribution >= 4 is 22.5 Å². The second-order valence-electron chi connectivity index (χ2n) is 9.40. The molecule has 0 aliphatic carbocycles. The Kier molecular flexibility index (Phi) is 4.52. The van der Waals surface area contributed by atoms with E-state index >= 15 is 0 Å². The number of nitrogens with one attached hydrogen (secondary N) is 1. The number of fused-ring (bicyclic) bond motifs is 1. The van der Waals surface area contributed by atoms with Gasteiger partial charge in [0.25, 0.3) is 0 Å². The van der Waals surface area contributed by atoms with Crippen molar-refractivity contribution in [3.8, 4) is 27.6 Å². The molecule has 0 spiro atoms. The van der Waals surface area contributed by atoms with Crippen LogP contribution in [0.3, 0.4) is 0 Å². The minimum atomic E-state index is -0.0153. The number of phenols is 1. The van der Waals surface area contributed by atoms with Gasteiger partial charge in [0.05, 0.1) is 11.7 Å². The van der Waals surface area contributed by atoms with Gasteiger partial charge in [0.2, 0.25) is 5.65 Å². The molecule has 0 radical (unpaired) electrons. The minimum absolute atomic E-state index is 0.0153. The minimum Gasteiger partial charge on any atom is -0.507 e. The number of hydrogen-bond acceptors (Lipinski definition) is 9. The first-order valence-electron chi connectivity index (χ1n) is 10.2. The van der Waals surface area contributed by atoms with Crippen molar-refractivity contribution < 1.29 is 5.11 Å². The van der Waals surface area contributed by atoms with Crippen molar-refractivity contribution in [2.45, 2.75) is 57.7 Å². The molecule has 1 fully saturated rings. The van der Waals surface area contributed by atoms with Gasteiger partial charge in [-0.2, -0.15) is 0 Å². The lowest BCUT2D eigenvalue weighted by atomic mass is 9.80. The van der Waals surface area contributed by atoms with E-state index in [4.69, 9.17) is 0 Å². The Hall–Kier alpha value is -2.98. The Balaban J connectivity index is 1.49. The maximum absolute atomic E-state index is 10.6. The molecule has 0 saturated carbocycles. The summed E-state index contributed by atoms with van der Waals surface area (Å²) in [5.41, 5.74) is 4.89. The predicted octanol–water partition coefficient (Wildman–Crippen LogP) is 3.59. The van der Waals surface area contributed by atoms with Crippen LogP contribution in [0.2, 0.25) is 0 Å². The van der Waals surface area contributed by atoms with Gasteiger partial charge in [0.1, 0.15) is 21.8 Å². The quantitative estimate of drug-likeness (QED) is 0.501. The molecule has 0 unspecified atom stereocenters. The molecule has 4 heterocycles. The molecule has 3 aromatic heterocycles. The number of piperidine rings is 1. The Morgan fingerprint density at radius 2 is 1.81 bits per heavy atom. The van der Waals surface area contributed by atoms with Crippen LogP contribution in [0.4, 0.5) is 0 Å². The van der Waals surface area contributed by atoms with E-state index in [1.54, 1.807) is 11.6 Å². The van der Waals surface area contributed by atoms with E-state index in [1.807, 2.05) is 22.9 Å². The summed E-state index contributed by atoms with van der Waals surface area (Å²) in [5, 5.41) is 40.5. The maximum Gasteiger partial charge on any atom is 0.201 e. The fourth-order valence-corrected chi connectivity index (χ4v) is 5.30. The average molecular weight is 437 g/mol. The lowest BCUT2D eigenvalue weighted by Gasteiger charge is -2.46. The van der Waals surface area contributed by atoms with Crippen molar-refractivity contribution in [2.75, 3.05) is 0 Å². The van der Waals surface area contributed by atoms with Crippen molar-refractivity contribution in [3.63, 3.8) is 0 Å². The smallest absolute Gasteiger partial charge is 0.201 e. The third-order valence-electron chi connectivity index (χ3n) is 5.62. The Bertz CT molecular complexity index is 1230. The van der Waals surface area contributed by atoms with Gasteiger partial charge < -0.3 is 10.4 Å². The molecule has 1 aromatic carbocycles. The highest BCUT2D eigenvalue weighted by molar-refractivity contribution is 7.12. The first kappa shape index (κ1) is 20.0. The van der Waals surface area contributed by atoms with Crippen LogP contribution >= 0.6 is 11.3 Å². The molecular weight excluding hydrogens is 412 g/mol. The van der Waals surface area contributed by atoms with Gasteiger partial charge in [-0.25, -0.2) is 4.68 Å². The van der Waals surface area contributed by atoms with Gasteiger partial charge >= 0.3 is 0 Å². The largest absolute Gasteiger partial charge is 0.507 e. The van der Waals surface area contributed by atoms with Crippen LogP contribution < -0.4 is 5.32 Å². The summed E-state index contributed by atoms with van der Waals surface area (Å²) in [5.74, 6) is 0.107. The van der Waals surface area contributed by atoms with Crippen molar-refractivity contribution in [1.82, 2.24) is 40.7 Å². The fraction of sp³-hybridized carbons (Fsp3) is 0.429. The molecule has 9 nitrogen and oxygen atoms in total. The second-order valence-corrected chi connectivity index (χ2v) is 10.2. The molecule has 5 rings (SSSR count). The van der Waals surface area contributed by atoms with Gasteiger partial charge in [-0.1, -0.05) is 22.6 Å². The first-order chi connectivity index (χ1) is 14.7. The summed E-state index contributed by atoms with van der Waals surface area (Å²) in [6.07, 6.45) is 1.85. The Labute approximate surface area is 183 Å². The van der Waals surface area contributed by atoms with Crippen molar-refractivity contribution in [2.24, 2.45) is 0 Å². The SMILES string of the molecule is CC1(C)CC(n2nnc3cc(-c4ccc(-c5nncs5)cc4O)nnc32)CC(C)(C)N1. The molecule has 1 saturated heterocycles. The number of hydrogen-bond donors (Lipinski definition) is 2. The van der Waals surface area contributed by atoms with Gasteiger partial charge in [-0.3, -0.25) is 0 Å². The van der Waals surface area contributed by atoms with Crippen LogP contribution in [0, 0.1) is 0 Å². The average Bonchev–Trinajstić information content (AvgIpc) is 3.35. The standard InChI is InChI=1S/C21H24N8OS/c1-20(2)9-13(10-21(3,4)27-20)29-18-16(24-28-29)8-15(23-25-18)14-6-5-12(7-17(14)30)19-26-22-11-31-19/h5-8,11,13,27,30H,9-10H2,1-4H3. The third-order valence-corrected chi connectivity index (χ3v) is 6.36. The van der Waals surface area contributed by atoms with E-state index in [0.717, 1.165) is 23.4 Å². The topological polar surface area (TPSA) is 115 Å². The first-order valence-corrected chi connectivity index (χ1v) is 11.1. The molecule has 31 heavy (non-hydrogen) atoms. The van der Waals surface area contributed by atoms with E-state index in [9.17, 15) is 5.11 Å². The third kappa shape index (κ3) is 3.77. The molecule has 0 atom stereocenters. The normalized spacial score (nSPS) is 18.5. The molecule has 10 heteroatoms. The summed E-state index contributed by atoms with van der Waals surface area (Å²) in [6, 6.07) is 7.36. The molecule has 1 aliphatic rings. The van der Waals surface area contributed by atoms with E-state index in [1.165, 1.54) is 11.3 Å². The van der Waals surface area contributed by atoms with Crippen LogP contribution in [-0.4, -0.2) is 51.6 Å². The lowest BCUT2D eigenvalue weighted by molar-refractivity contribution is 0.127. The van der Waals surface area contributed by atoms with Crippen LogP contribution in [-0.2, 0) is 0 Å². The molecule has 0 bridgehead atoms. The van der Waals surface area contributed by atoms with Crippen molar-refractivity contribution in [3.05, 3.63) is 29.8 Å². The molecule has 4 aromatic rings. The van der Waals surface area contributed by atoms with Gasteiger partial charge in [0, 0.05) is 22.2 Å². The van der Waals surface area contributed by atoms with Crippen LogP contribution in [0.25, 0.3) is 33.0 Å². The maximum atomic E-state index is 10.6. The molecule has 0 amide bonds.